The standard InChI is InChI=1S/C5H7ClN2S/c6-4-1-5(2-8-7)9-3-4/h1,3,8H,2,7H2. The molecule has 0 aromatic carbocycles. The van der Waals surface area contributed by atoms with Gasteiger partial charge in [-0.3, -0.25) is 11.3 Å². The van der Waals surface area contributed by atoms with E-state index in [2.05, 4.69) is 5.43 Å². The number of hydrazine groups is 1. The molecular formula is C5H7ClN2S. The van der Waals surface area contributed by atoms with Gasteiger partial charge in [-0.15, -0.1) is 11.3 Å². The molecular weight excluding hydrogens is 156 g/mol. The predicted molar refractivity (Wildman–Crippen MR) is 40.4 cm³/mol. The Morgan fingerprint density at radius 1 is 1.78 bits per heavy atom. The van der Waals surface area contributed by atoms with Gasteiger partial charge >= 0.3 is 0 Å². The molecule has 0 spiro atoms. The Labute approximate surface area is 62.6 Å². The smallest absolute Gasteiger partial charge is 0.0516 e. The van der Waals surface area contributed by atoms with E-state index in [1.165, 1.54) is 0 Å². The van der Waals surface area contributed by atoms with E-state index in [1.807, 2.05) is 11.4 Å². The molecule has 0 fully saturated rings. The molecule has 9 heavy (non-hydrogen) atoms. The van der Waals surface area contributed by atoms with Crippen molar-refractivity contribution in [2.75, 3.05) is 0 Å². The van der Waals surface area contributed by atoms with Gasteiger partial charge in [-0.05, 0) is 6.07 Å². The van der Waals surface area contributed by atoms with E-state index in [0.29, 0.717) is 6.54 Å². The van der Waals surface area contributed by atoms with Crippen molar-refractivity contribution in [2.45, 2.75) is 6.54 Å². The molecule has 50 valence electrons. The number of thiophene rings is 1. The normalized spacial score (nSPS) is 10.0. The van der Waals surface area contributed by atoms with Crippen LogP contribution in [0.4, 0.5) is 0 Å². The van der Waals surface area contributed by atoms with E-state index in [1.54, 1.807) is 11.3 Å². The summed E-state index contributed by atoms with van der Waals surface area (Å²) < 4.78 is 0. The Kier molecular flexibility index (Phi) is 2.48. The summed E-state index contributed by atoms with van der Waals surface area (Å²) >= 11 is 7.24. The van der Waals surface area contributed by atoms with Crippen molar-refractivity contribution < 1.29 is 0 Å². The molecule has 1 heterocycles. The first-order valence-electron chi connectivity index (χ1n) is 2.49. The SMILES string of the molecule is NNCc1cc(Cl)cs1. The lowest BCUT2D eigenvalue weighted by Crippen LogP contribution is -2.19. The van der Waals surface area contributed by atoms with Gasteiger partial charge in [0.15, 0.2) is 0 Å². The van der Waals surface area contributed by atoms with Crippen LogP contribution in [0.25, 0.3) is 0 Å². The lowest BCUT2D eigenvalue weighted by molar-refractivity contribution is 0.751. The predicted octanol–water partition coefficient (Wildman–Crippen LogP) is 1.36. The molecule has 1 rings (SSSR count). The quantitative estimate of drug-likeness (QED) is 0.509. The summed E-state index contributed by atoms with van der Waals surface area (Å²) in [5.41, 5.74) is 2.55. The highest BCUT2D eigenvalue weighted by molar-refractivity contribution is 7.10. The second-order valence-electron chi connectivity index (χ2n) is 1.61. The maximum absolute atomic E-state index is 5.64. The lowest BCUT2D eigenvalue weighted by atomic mass is 10.5. The summed E-state index contributed by atoms with van der Waals surface area (Å²) in [5, 5.41) is 2.67. The third-order valence-corrected chi connectivity index (χ3v) is 2.18. The van der Waals surface area contributed by atoms with Gasteiger partial charge in [0, 0.05) is 16.8 Å². The van der Waals surface area contributed by atoms with Gasteiger partial charge in [0.1, 0.15) is 0 Å². The molecule has 1 aromatic rings. The van der Waals surface area contributed by atoms with Crippen LogP contribution < -0.4 is 11.3 Å². The summed E-state index contributed by atoms with van der Waals surface area (Å²) in [6.45, 7) is 0.692. The Morgan fingerprint density at radius 2 is 2.56 bits per heavy atom. The van der Waals surface area contributed by atoms with E-state index in [0.717, 1.165) is 9.90 Å². The van der Waals surface area contributed by atoms with Crippen molar-refractivity contribution in [3.8, 4) is 0 Å². The number of hydrogen-bond donors (Lipinski definition) is 2. The molecule has 0 bridgehead atoms. The van der Waals surface area contributed by atoms with Gasteiger partial charge < -0.3 is 0 Å². The van der Waals surface area contributed by atoms with E-state index >= 15 is 0 Å². The fraction of sp³-hybridized carbons (Fsp3) is 0.200. The maximum atomic E-state index is 5.64. The van der Waals surface area contributed by atoms with Crippen molar-refractivity contribution in [2.24, 2.45) is 5.84 Å². The molecule has 0 saturated carbocycles. The molecule has 0 unspecified atom stereocenters. The van der Waals surface area contributed by atoms with E-state index in [4.69, 9.17) is 17.4 Å². The molecule has 0 atom stereocenters. The van der Waals surface area contributed by atoms with Gasteiger partial charge in [-0.25, -0.2) is 0 Å². The summed E-state index contributed by atoms with van der Waals surface area (Å²) in [5.74, 6) is 5.08. The Bertz CT molecular complexity index is 187. The number of nitrogens with two attached hydrogens (primary N) is 1. The van der Waals surface area contributed by atoms with Gasteiger partial charge in [-0.1, -0.05) is 11.6 Å². The highest BCUT2D eigenvalue weighted by atomic mass is 35.5. The van der Waals surface area contributed by atoms with Crippen LogP contribution in [-0.2, 0) is 6.54 Å². The second kappa shape index (κ2) is 3.17. The third kappa shape index (κ3) is 1.95. The summed E-state index contributed by atoms with van der Waals surface area (Å²) in [7, 11) is 0. The lowest BCUT2D eigenvalue weighted by Gasteiger charge is -1.89. The molecule has 0 aliphatic rings. The third-order valence-electron chi connectivity index (χ3n) is 0.898. The van der Waals surface area contributed by atoms with Crippen molar-refractivity contribution in [1.82, 2.24) is 5.43 Å². The molecule has 0 radical (unpaired) electrons. The monoisotopic (exact) mass is 162 g/mol. The molecule has 0 saturated heterocycles. The van der Waals surface area contributed by atoms with Gasteiger partial charge in [-0.2, -0.15) is 0 Å². The second-order valence-corrected chi connectivity index (χ2v) is 3.04. The fourth-order valence-corrected chi connectivity index (χ4v) is 1.57. The zero-order valence-corrected chi connectivity index (χ0v) is 6.30. The summed E-state index contributed by atoms with van der Waals surface area (Å²) in [6.07, 6.45) is 0. The minimum absolute atomic E-state index is 0.692. The van der Waals surface area contributed by atoms with E-state index in [-0.39, 0.29) is 0 Å². The number of nitrogens with one attached hydrogen (secondary N) is 1. The molecule has 3 N–H and O–H groups in total. The molecule has 1 aromatic heterocycles. The number of hydrogen-bond acceptors (Lipinski definition) is 3. The summed E-state index contributed by atoms with van der Waals surface area (Å²) in [4.78, 5) is 1.16. The largest absolute Gasteiger partial charge is 0.271 e. The van der Waals surface area contributed by atoms with Crippen LogP contribution in [0.2, 0.25) is 5.02 Å². The van der Waals surface area contributed by atoms with Crippen molar-refractivity contribution >= 4 is 22.9 Å². The van der Waals surface area contributed by atoms with E-state index < -0.39 is 0 Å². The minimum Gasteiger partial charge on any atom is -0.271 e. The Balaban J connectivity index is 2.61. The first kappa shape index (κ1) is 7.02. The van der Waals surface area contributed by atoms with Gasteiger partial charge in [0.25, 0.3) is 0 Å². The molecule has 0 amide bonds. The molecule has 2 nitrogen and oxygen atoms in total. The maximum Gasteiger partial charge on any atom is 0.0516 e. The van der Waals surface area contributed by atoms with Crippen LogP contribution in [0.15, 0.2) is 11.4 Å². The van der Waals surface area contributed by atoms with Gasteiger partial charge in [0.2, 0.25) is 0 Å². The van der Waals surface area contributed by atoms with Crippen LogP contribution in [0.3, 0.4) is 0 Å². The van der Waals surface area contributed by atoms with Crippen molar-refractivity contribution in [1.29, 1.82) is 0 Å². The average Bonchev–Trinajstić information content (AvgIpc) is 2.17. The Morgan fingerprint density at radius 3 is 3.00 bits per heavy atom. The fourth-order valence-electron chi connectivity index (χ4n) is 0.547. The zero-order valence-electron chi connectivity index (χ0n) is 4.73. The van der Waals surface area contributed by atoms with Crippen molar-refractivity contribution in [3.63, 3.8) is 0 Å². The molecule has 0 aliphatic carbocycles. The highest BCUT2D eigenvalue weighted by Crippen LogP contribution is 2.18. The highest BCUT2D eigenvalue weighted by Gasteiger charge is 1.93. The summed E-state index contributed by atoms with van der Waals surface area (Å²) in [6, 6.07) is 1.89. The van der Waals surface area contributed by atoms with Crippen LogP contribution in [0.1, 0.15) is 4.88 Å². The number of halogens is 1. The first-order valence-corrected chi connectivity index (χ1v) is 3.75. The molecule has 4 heteroatoms. The van der Waals surface area contributed by atoms with Gasteiger partial charge in [0.05, 0.1) is 5.02 Å². The van der Waals surface area contributed by atoms with Crippen LogP contribution in [-0.4, -0.2) is 0 Å². The van der Waals surface area contributed by atoms with E-state index in [9.17, 15) is 0 Å². The van der Waals surface area contributed by atoms with Crippen LogP contribution in [0.5, 0.6) is 0 Å². The Hall–Kier alpha value is -0.0900. The van der Waals surface area contributed by atoms with Crippen molar-refractivity contribution in [3.05, 3.63) is 21.3 Å². The number of rotatable bonds is 2. The molecule has 0 aliphatic heterocycles. The topological polar surface area (TPSA) is 38.0 Å². The average molecular weight is 163 g/mol. The minimum atomic E-state index is 0.692. The van der Waals surface area contributed by atoms with Crippen LogP contribution in [0, 0.1) is 0 Å². The van der Waals surface area contributed by atoms with Crippen LogP contribution >= 0.6 is 22.9 Å². The first-order chi connectivity index (χ1) is 4.33. The zero-order chi connectivity index (χ0) is 6.69.